The summed E-state index contributed by atoms with van der Waals surface area (Å²) >= 11 is 0. The number of hydrogen-bond donors (Lipinski definition) is 2. The summed E-state index contributed by atoms with van der Waals surface area (Å²) in [6.45, 7) is 6.44. The lowest BCUT2D eigenvalue weighted by Crippen LogP contribution is -2.44. The number of carbonyl (C=O) groups is 1. The van der Waals surface area contributed by atoms with Crippen LogP contribution in [-0.4, -0.2) is 23.0 Å². The molecule has 0 aliphatic rings. The van der Waals surface area contributed by atoms with Gasteiger partial charge in [-0.05, 0) is 38.5 Å². The zero-order chi connectivity index (χ0) is 12.0. The molecule has 1 rings (SSSR count). The Morgan fingerprint density at radius 3 is 2.50 bits per heavy atom. The molecule has 0 saturated heterocycles. The van der Waals surface area contributed by atoms with Crippen LogP contribution >= 0.6 is 0 Å². The Morgan fingerprint density at radius 2 is 1.94 bits per heavy atom. The molecule has 1 unspecified atom stereocenters. The van der Waals surface area contributed by atoms with Gasteiger partial charge in [0.1, 0.15) is 0 Å². The summed E-state index contributed by atoms with van der Waals surface area (Å²) < 4.78 is 0. The van der Waals surface area contributed by atoms with Gasteiger partial charge in [0, 0.05) is 25.0 Å². The molecule has 2 N–H and O–H groups in total. The summed E-state index contributed by atoms with van der Waals surface area (Å²) in [5.41, 5.74) is 1.12. The van der Waals surface area contributed by atoms with Crippen LogP contribution in [0.3, 0.4) is 0 Å². The minimum Gasteiger partial charge on any atom is -0.353 e. The fourth-order valence-corrected chi connectivity index (χ4v) is 1.27. The van der Waals surface area contributed by atoms with Crippen LogP contribution in [0.2, 0.25) is 0 Å². The third-order valence-electron chi connectivity index (χ3n) is 2.19. The van der Waals surface area contributed by atoms with Crippen molar-refractivity contribution in [1.29, 1.82) is 0 Å². The second-order valence-electron chi connectivity index (χ2n) is 4.12. The highest BCUT2D eigenvalue weighted by molar-refractivity contribution is 5.81. The summed E-state index contributed by atoms with van der Waals surface area (Å²) in [6, 6.07) is 3.85. The van der Waals surface area contributed by atoms with Crippen molar-refractivity contribution >= 4 is 5.91 Å². The maximum Gasteiger partial charge on any atom is 0.237 e. The maximum atomic E-state index is 11.6. The highest BCUT2D eigenvalue weighted by atomic mass is 16.2. The fraction of sp³-hybridized carbons (Fsp3) is 0.500. The van der Waals surface area contributed by atoms with Crippen LogP contribution in [0.4, 0.5) is 0 Å². The van der Waals surface area contributed by atoms with E-state index in [2.05, 4.69) is 15.6 Å². The lowest BCUT2D eigenvalue weighted by molar-refractivity contribution is -0.123. The highest BCUT2D eigenvalue weighted by Gasteiger charge is 2.12. The molecule has 1 amide bonds. The number of pyridine rings is 1. The first-order chi connectivity index (χ1) is 7.59. The summed E-state index contributed by atoms with van der Waals surface area (Å²) in [4.78, 5) is 15.5. The highest BCUT2D eigenvalue weighted by Crippen LogP contribution is 1.96. The largest absolute Gasteiger partial charge is 0.353 e. The molecule has 0 aliphatic heterocycles. The summed E-state index contributed by atoms with van der Waals surface area (Å²) in [5.74, 6) is 0.0315. The van der Waals surface area contributed by atoms with Gasteiger partial charge in [-0.2, -0.15) is 0 Å². The lowest BCUT2D eigenvalue weighted by Gasteiger charge is -2.15. The molecule has 0 radical (unpaired) electrons. The van der Waals surface area contributed by atoms with Crippen molar-refractivity contribution in [2.45, 2.75) is 39.4 Å². The van der Waals surface area contributed by atoms with E-state index in [0.29, 0.717) is 6.54 Å². The molecule has 0 fully saturated rings. The van der Waals surface area contributed by atoms with Crippen molar-refractivity contribution in [3.8, 4) is 0 Å². The van der Waals surface area contributed by atoms with Crippen LogP contribution in [0.25, 0.3) is 0 Å². The van der Waals surface area contributed by atoms with Gasteiger partial charge in [-0.3, -0.25) is 9.78 Å². The Kier molecular flexibility index (Phi) is 4.92. The zero-order valence-corrected chi connectivity index (χ0v) is 10.0. The SMILES string of the molecule is CC(C)NC(=O)C(C)NCc1ccncc1. The Morgan fingerprint density at radius 1 is 1.31 bits per heavy atom. The average molecular weight is 221 g/mol. The number of amides is 1. The molecular weight excluding hydrogens is 202 g/mol. The van der Waals surface area contributed by atoms with Gasteiger partial charge < -0.3 is 10.6 Å². The van der Waals surface area contributed by atoms with E-state index >= 15 is 0 Å². The molecule has 0 saturated carbocycles. The van der Waals surface area contributed by atoms with E-state index in [1.54, 1.807) is 12.4 Å². The molecule has 0 bridgehead atoms. The molecule has 1 aromatic rings. The maximum absolute atomic E-state index is 11.6. The van der Waals surface area contributed by atoms with Crippen molar-refractivity contribution in [2.24, 2.45) is 0 Å². The number of hydrogen-bond acceptors (Lipinski definition) is 3. The van der Waals surface area contributed by atoms with Crippen molar-refractivity contribution in [3.05, 3.63) is 30.1 Å². The monoisotopic (exact) mass is 221 g/mol. The average Bonchev–Trinajstić information content (AvgIpc) is 2.26. The number of carbonyl (C=O) groups excluding carboxylic acids is 1. The van der Waals surface area contributed by atoms with Gasteiger partial charge in [-0.25, -0.2) is 0 Å². The third-order valence-corrected chi connectivity index (χ3v) is 2.19. The van der Waals surface area contributed by atoms with Crippen LogP contribution < -0.4 is 10.6 Å². The summed E-state index contributed by atoms with van der Waals surface area (Å²) in [7, 11) is 0. The first kappa shape index (κ1) is 12.6. The Balaban J connectivity index is 2.35. The van der Waals surface area contributed by atoms with E-state index in [9.17, 15) is 4.79 Å². The quantitative estimate of drug-likeness (QED) is 0.782. The normalized spacial score (nSPS) is 12.5. The van der Waals surface area contributed by atoms with Gasteiger partial charge >= 0.3 is 0 Å². The molecule has 4 heteroatoms. The summed E-state index contributed by atoms with van der Waals surface area (Å²) in [6.07, 6.45) is 3.49. The van der Waals surface area contributed by atoms with E-state index in [4.69, 9.17) is 0 Å². The molecule has 0 spiro atoms. The van der Waals surface area contributed by atoms with E-state index < -0.39 is 0 Å². The van der Waals surface area contributed by atoms with Gasteiger partial charge in [0.25, 0.3) is 0 Å². The van der Waals surface area contributed by atoms with E-state index in [1.165, 1.54) is 0 Å². The van der Waals surface area contributed by atoms with E-state index in [1.807, 2.05) is 32.9 Å². The number of nitrogens with one attached hydrogen (secondary N) is 2. The second kappa shape index (κ2) is 6.23. The zero-order valence-electron chi connectivity index (χ0n) is 10.0. The standard InChI is InChI=1S/C12H19N3O/c1-9(2)15-12(16)10(3)14-8-11-4-6-13-7-5-11/h4-7,9-10,14H,8H2,1-3H3,(H,15,16). The van der Waals surface area contributed by atoms with Crippen LogP contribution in [0.5, 0.6) is 0 Å². The number of rotatable bonds is 5. The minimum absolute atomic E-state index is 0.0315. The van der Waals surface area contributed by atoms with Gasteiger partial charge in [0.05, 0.1) is 6.04 Å². The number of aromatic nitrogens is 1. The third kappa shape index (κ3) is 4.40. The molecule has 88 valence electrons. The molecule has 1 aromatic heterocycles. The minimum atomic E-state index is -0.185. The van der Waals surface area contributed by atoms with Crippen molar-refractivity contribution in [2.75, 3.05) is 0 Å². The Hall–Kier alpha value is -1.42. The lowest BCUT2D eigenvalue weighted by atomic mass is 10.2. The van der Waals surface area contributed by atoms with E-state index in [0.717, 1.165) is 5.56 Å². The second-order valence-corrected chi connectivity index (χ2v) is 4.12. The van der Waals surface area contributed by atoms with Crippen LogP contribution in [0, 0.1) is 0 Å². The van der Waals surface area contributed by atoms with Crippen molar-refractivity contribution in [3.63, 3.8) is 0 Å². The molecule has 4 nitrogen and oxygen atoms in total. The molecular formula is C12H19N3O. The Bertz CT molecular complexity index is 324. The molecule has 16 heavy (non-hydrogen) atoms. The molecule has 0 aromatic carbocycles. The van der Waals surface area contributed by atoms with Crippen LogP contribution in [-0.2, 0) is 11.3 Å². The molecule has 0 aliphatic carbocycles. The first-order valence-corrected chi connectivity index (χ1v) is 5.52. The van der Waals surface area contributed by atoms with Gasteiger partial charge in [0.2, 0.25) is 5.91 Å². The van der Waals surface area contributed by atoms with Gasteiger partial charge in [0.15, 0.2) is 0 Å². The summed E-state index contributed by atoms with van der Waals surface area (Å²) in [5, 5.41) is 6.03. The topological polar surface area (TPSA) is 54.0 Å². The van der Waals surface area contributed by atoms with Crippen LogP contribution in [0.1, 0.15) is 26.3 Å². The van der Waals surface area contributed by atoms with Crippen molar-refractivity contribution < 1.29 is 4.79 Å². The van der Waals surface area contributed by atoms with Crippen LogP contribution in [0.15, 0.2) is 24.5 Å². The molecule has 1 heterocycles. The predicted molar refractivity (Wildman–Crippen MR) is 63.8 cm³/mol. The fourth-order valence-electron chi connectivity index (χ4n) is 1.27. The number of nitrogens with zero attached hydrogens (tertiary/aromatic N) is 1. The first-order valence-electron chi connectivity index (χ1n) is 5.52. The van der Waals surface area contributed by atoms with Gasteiger partial charge in [-0.1, -0.05) is 0 Å². The smallest absolute Gasteiger partial charge is 0.237 e. The van der Waals surface area contributed by atoms with Gasteiger partial charge in [-0.15, -0.1) is 0 Å². The molecule has 1 atom stereocenters. The predicted octanol–water partition coefficient (Wildman–Crippen LogP) is 1.08. The van der Waals surface area contributed by atoms with Crippen molar-refractivity contribution in [1.82, 2.24) is 15.6 Å². The Labute approximate surface area is 96.5 Å². The van der Waals surface area contributed by atoms with E-state index in [-0.39, 0.29) is 18.0 Å².